The number of rotatable bonds is 4. The van der Waals surface area contributed by atoms with E-state index in [1.54, 1.807) is 6.92 Å². The van der Waals surface area contributed by atoms with Crippen LogP contribution in [0.4, 0.5) is 13.9 Å². The van der Waals surface area contributed by atoms with Crippen molar-refractivity contribution in [1.29, 1.82) is 0 Å². The molecule has 3 aromatic rings. The Balaban J connectivity index is 1.54. The summed E-state index contributed by atoms with van der Waals surface area (Å²) in [6, 6.07) is 3.83. The van der Waals surface area contributed by atoms with Crippen LogP contribution in [0.5, 0.6) is 0 Å². The maximum absolute atomic E-state index is 14.0. The summed E-state index contributed by atoms with van der Waals surface area (Å²) >= 11 is 1.13. The Hall–Kier alpha value is -2.70. The molecule has 1 amide bonds. The Bertz CT molecular complexity index is 1210. The van der Waals surface area contributed by atoms with Gasteiger partial charge in [-0.1, -0.05) is 5.16 Å². The van der Waals surface area contributed by atoms with Crippen molar-refractivity contribution in [1.82, 2.24) is 14.4 Å². The number of aryl methyl sites for hydroxylation is 1. The van der Waals surface area contributed by atoms with Crippen molar-refractivity contribution in [2.45, 2.75) is 24.8 Å². The van der Waals surface area contributed by atoms with E-state index in [4.69, 9.17) is 4.52 Å². The number of sulfonamides is 1. The van der Waals surface area contributed by atoms with Crippen molar-refractivity contribution in [3.05, 3.63) is 57.9 Å². The first-order chi connectivity index (χ1) is 13.7. The molecule has 152 valence electrons. The molecule has 1 aliphatic rings. The van der Waals surface area contributed by atoms with Gasteiger partial charge in [0, 0.05) is 30.0 Å². The standard InChI is InChI=1S/C17H14F2N4O4S2/c1-9-6-13(22-27-9)16(24)21-17-20-12-4-5-23(8-14(12)28-17)29(25,26)15-3-2-10(18)7-11(15)19/h2-3,6-7H,4-5,8H2,1H3,(H,20,21,24). The lowest BCUT2D eigenvalue weighted by atomic mass is 10.2. The maximum atomic E-state index is 14.0. The van der Waals surface area contributed by atoms with E-state index in [9.17, 15) is 22.0 Å². The van der Waals surface area contributed by atoms with Crippen molar-refractivity contribution in [3.63, 3.8) is 0 Å². The number of aromatic nitrogens is 2. The van der Waals surface area contributed by atoms with Crippen LogP contribution >= 0.6 is 11.3 Å². The second-order valence-electron chi connectivity index (χ2n) is 6.33. The van der Waals surface area contributed by atoms with Gasteiger partial charge in [-0.05, 0) is 19.1 Å². The summed E-state index contributed by atoms with van der Waals surface area (Å²) in [4.78, 5) is 16.5. The van der Waals surface area contributed by atoms with Gasteiger partial charge < -0.3 is 4.52 Å². The average Bonchev–Trinajstić information content (AvgIpc) is 3.26. The third kappa shape index (κ3) is 3.78. The summed E-state index contributed by atoms with van der Waals surface area (Å²) < 4.78 is 58.6. The van der Waals surface area contributed by atoms with Crippen molar-refractivity contribution >= 4 is 32.4 Å². The maximum Gasteiger partial charge on any atom is 0.279 e. The highest BCUT2D eigenvalue weighted by atomic mass is 32.2. The van der Waals surface area contributed by atoms with E-state index < -0.39 is 32.5 Å². The fraction of sp³-hybridized carbons (Fsp3) is 0.235. The molecule has 12 heteroatoms. The fourth-order valence-corrected chi connectivity index (χ4v) is 5.44. The number of amides is 1. The Morgan fingerprint density at radius 2 is 2.10 bits per heavy atom. The highest BCUT2D eigenvalue weighted by Crippen LogP contribution is 2.32. The monoisotopic (exact) mass is 440 g/mol. The van der Waals surface area contributed by atoms with Crippen LogP contribution in [0.15, 0.2) is 33.7 Å². The van der Waals surface area contributed by atoms with E-state index in [-0.39, 0.29) is 18.8 Å². The lowest BCUT2D eigenvalue weighted by Crippen LogP contribution is -2.36. The molecule has 0 fully saturated rings. The van der Waals surface area contributed by atoms with Gasteiger partial charge in [0.15, 0.2) is 10.8 Å². The van der Waals surface area contributed by atoms with E-state index in [1.165, 1.54) is 6.07 Å². The molecule has 0 saturated heterocycles. The van der Waals surface area contributed by atoms with Crippen LogP contribution in [0.25, 0.3) is 0 Å². The molecular formula is C17H14F2N4O4S2. The number of carbonyl (C=O) groups is 1. The van der Waals surface area contributed by atoms with Crippen LogP contribution in [-0.4, -0.2) is 35.3 Å². The molecule has 1 aromatic carbocycles. The number of benzene rings is 1. The minimum absolute atomic E-state index is 0.0227. The molecular weight excluding hydrogens is 426 g/mol. The Morgan fingerprint density at radius 1 is 1.31 bits per heavy atom. The predicted octanol–water partition coefficient (Wildman–Crippen LogP) is 2.72. The van der Waals surface area contributed by atoms with E-state index >= 15 is 0 Å². The largest absolute Gasteiger partial charge is 0.361 e. The molecule has 29 heavy (non-hydrogen) atoms. The van der Waals surface area contributed by atoms with Crippen molar-refractivity contribution in [3.8, 4) is 0 Å². The number of nitrogens with zero attached hydrogens (tertiary/aromatic N) is 3. The molecule has 1 N–H and O–H groups in total. The number of fused-ring (bicyclic) bond motifs is 1. The molecule has 0 bridgehead atoms. The summed E-state index contributed by atoms with van der Waals surface area (Å²) in [6.45, 7) is 1.72. The first-order valence-electron chi connectivity index (χ1n) is 8.42. The summed E-state index contributed by atoms with van der Waals surface area (Å²) in [5, 5.41) is 6.53. The van der Waals surface area contributed by atoms with E-state index in [0.29, 0.717) is 34.0 Å². The SMILES string of the molecule is Cc1cc(C(=O)Nc2nc3c(s2)CN(S(=O)(=O)c2ccc(F)cc2F)CC3)no1. The lowest BCUT2D eigenvalue weighted by molar-refractivity contribution is 0.101. The van der Waals surface area contributed by atoms with E-state index in [2.05, 4.69) is 15.5 Å². The van der Waals surface area contributed by atoms with Gasteiger partial charge in [-0.2, -0.15) is 4.31 Å². The van der Waals surface area contributed by atoms with Crippen LogP contribution < -0.4 is 5.32 Å². The third-order valence-electron chi connectivity index (χ3n) is 4.29. The number of anilines is 1. The highest BCUT2D eigenvalue weighted by molar-refractivity contribution is 7.89. The van der Waals surface area contributed by atoms with Crippen molar-refractivity contribution < 1.29 is 26.5 Å². The van der Waals surface area contributed by atoms with Gasteiger partial charge in [0.1, 0.15) is 22.3 Å². The number of thiazole rings is 1. The summed E-state index contributed by atoms with van der Waals surface area (Å²) in [6.07, 6.45) is 0.298. The zero-order valence-electron chi connectivity index (χ0n) is 15.0. The van der Waals surface area contributed by atoms with Gasteiger partial charge >= 0.3 is 0 Å². The van der Waals surface area contributed by atoms with Gasteiger partial charge in [-0.15, -0.1) is 11.3 Å². The van der Waals surface area contributed by atoms with Crippen molar-refractivity contribution in [2.75, 3.05) is 11.9 Å². The second kappa shape index (κ2) is 7.28. The van der Waals surface area contributed by atoms with Crippen LogP contribution in [-0.2, 0) is 23.0 Å². The zero-order chi connectivity index (χ0) is 20.8. The number of nitrogens with one attached hydrogen (secondary N) is 1. The van der Waals surface area contributed by atoms with Gasteiger partial charge in [-0.25, -0.2) is 22.2 Å². The normalized spacial score (nSPS) is 14.6. The second-order valence-corrected chi connectivity index (χ2v) is 9.32. The molecule has 0 saturated carbocycles. The molecule has 8 nitrogen and oxygen atoms in total. The molecule has 3 heterocycles. The van der Waals surface area contributed by atoms with E-state index in [0.717, 1.165) is 27.8 Å². The van der Waals surface area contributed by atoms with Crippen LogP contribution in [0, 0.1) is 18.6 Å². The molecule has 0 spiro atoms. The number of hydrogen-bond acceptors (Lipinski definition) is 7. The Labute approximate surface area is 168 Å². The fourth-order valence-electron chi connectivity index (χ4n) is 2.89. The third-order valence-corrected chi connectivity index (χ3v) is 7.17. The summed E-state index contributed by atoms with van der Waals surface area (Å²) in [5.41, 5.74) is 0.763. The van der Waals surface area contributed by atoms with Crippen LogP contribution in [0.2, 0.25) is 0 Å². The number of halogens is 2. The number of carbonyl (C=O) groups excluding carboxylic acids is 1. The summed E-state index contributed by atoms with van der Waals surface area (Å²) in [7, 11) is -4.15. The van der Waals surface area contributed by atoms with Gasteiger partial charge in [0.2, 0.25) is 10.0 Å². The molecule has 0 unspecified atom stereocenters. The Kier molecular flexibility index (Phi) is 4.92. The van der Waals surface area contributed by atoms with Crippen LogP contribution in [0.1, 0.15) is 26.8 Å². The predicted molar refractivity (Wildman–Crippen MR) is 99.0 cm³/mol. The minimum Gasteiger partial charge on any atom is -0.361 e. The summed E-state index contributed by atoms with van der Waals surface area (Å²) in [5.74, 6) is -2.00. The topological polar surface area (TPSA) is 105 Å². The molecule has 2 aromatic heterocycles. The minimum atomic E-state index is -4.15. The Morgan fingerprint density at radius 3 is 2.79 bits per heavy atom. The molecule has 4 rings (SSSR count). The quantitative estimate of drug-likeness (QED) is 0.669. The zero-order valence-corrected chi connectivity index (χ0v) is 16.6. The van der Waals surface area contributed by atoms with Gasteiger partial charge in [0.25, 0.3) is 5.91 Å². The first-order valence-corrected chi connectivity index (χ1v) is 10.7. The van der Waals surface area contributed by atoms with Crippen molar-refractivity contribution in [2.24, 2.45) is 0 Å². The number of hydrogen-bond donors (Lipinski definition) is 1. The first kappa shape index (κ1) is 19.6. The molecule has 0 radical (unpaired) electrons. The molecule has 1 aliphatic heterocycles. The van der Waals surface area contributed by atoms with Crippen LogP contribution in [0.3, 0.4) is 0 Å². The average molecular weight is 440 g/mol. The van der Waals surface area contributed by atoms with E-state index in [1.807, 2.05) is 0 Å². The lowest BCUT2D eigenvalue weighted by Gasteiger charge is -2.25. The highest BCUT2D eigenvalue weighted by Gasteiger charge is 2.32. The van der Waals surface area contributed by atoms with Gasteiger partial charge in [0.05, 0.1) is 12.2 Å². The molecule has 0 aliphatic carbocycles. The smallest absolute Gasteiger partial charge is 0.279 e. The molecule has 0 atom stereocenters. The van der Waals surface area contributed by atoms with Gasteiger partial charge in [-0.3, -0.25) is 10.1 Å².